The van der Waals surface area contributed by atoms with Crippen molar-refractivity contribution in [3.63, 3.8) is 0 Å². The summed E-state index contributed by atoms with van der Waals surface area (Å²) in [7, 11) is 0. The van der Waals surface area contributed by atoms with E-state index in [1.54, 1.807) is 22.3 Å². The van der Waals surface area contributed by atoms with Gasteiger partial charge in [-0.25, -0.2) is 4.98 Å². The average molecular weight is 246 g/mol. The molecular formula is C12H14N4S. The van der Waals surface area contributed by atoms with E-state index in [0.717, 1.165) is 4.88 Å². The van der Waals surface area contributed by atoms with Crippen LogP contribution in [0.1, 0.15) is 18.7 Å². The molecule has 0 spiro atoms. The molecule has 0 fully saturated rings. The average Bonchev–Trinajstić information content (AvgIpc) is 2.98. The zero-order chi connectivity index (χ0) is 12.3. The van der Waals surface area contributed by atoms with Crippen molar-refractivity contribution in [2.24, 2.45) is 5.92 Å². The first-order valence-electron chi connectivity index (χ1n) is 5.46. The lowest BCUT2D eigenvalue weighted by Gasteiger charge is -2.29. The third kappa shape index (κ3) is 2.08. The van der Waals surface area contributed by atoms with E-state index < -0.39 is 5.41 Å². The Kier molecular flexibility index (Phi) is 3.25. The van der Waals surface area contributed by atoms with Crippen molar-refractivity contribution >= 4 is 11.3 Å². The van der Waals surface area contributed by atoms with E-state index >= 15 is 0 Å². The van der Waals surface area contributed by atoms with Crippen LogP contribution in [0.25, 0.3) is 0 Å². The van der Waals surface area contributed by atoms with Crippen molar-refractivity contribution in [2.75, 3.05) is 0 Å². The molecule has 2 rings (SSSR count). The minimum absolute atomic E-state index is 0.218. The number of rotatable bonds is 4. The number of thiophene rings is 1. The second kappa shape index (κ2) is 4.68. The Morgan fingerprint density at radius 3 is 2.88 bits per heavy atom. The molecular weight excluding hydrogens is 232 g/mol. The van der Waals surface area contributed by atoms with Gasteiger partial charge in [-0.2, -0.15) is 10.4 Å². The summed E-state index contributed by atoms with van der Waals surface area (Å²) in [5, 5.41) is 15.7. The molecule has 1 atom stereocenters. The molecule has 0 aliphatic rings. The van der Waals surface area contributed by atoms with Crippen LogP contribution < -0.4 is 0 Å². The minimum atomic E-state index is -0.526. The normalized spacial score (nSPS) is 14.5. The summed E-state index contributed by atoms with van der Waals surface area (Å²) < 4.78 is 1.73. The number of hydrogen-bond donors (Lipinski definition) is 0. The molecule has 4 nitrogen and oxygen atoms in total. The second-order valence-corrected chi connectivity index (χ2v) is 5.26. The summed E-state index contributed by atoms with van der Waals surface area (Å²) in [6.45, 7) is 4.68. The molecule has 0 bridgehead atoms. The van der Waals surface area contributed by atoms with E-state index in [0.29, 0.717) is 6.54 Å². The van der Waals surface area contributed by atoms with Gasteiger partial charge in [0.15, 0.2) is 0 Å². The fourth-order valence-corrected chi connectivity index (χ4v) is 2.88. The van der Waals surface area contributed by atoms with Crippen LogP contribution >= 0.6 is 11.3 Å². The topological polar surface area (TPSA) is 54.5 Å². The number of nitriles is 1. The van der Waals surface area contributed by atoms with Gasteiger partial charge in [0.1, 0.15) is 18.1 Å². The predicted molar refractivity (Wildman–Crippen MR) is 66.5 cm³/mol. The highest BCUT2D eigenvalue weighted by atomic mass is 32.1. The Balaban J connectivity index is 2.41. The Morgan fingerprint density at radius 1 is 1.59 bits per heavy atom. The van der Waals surface area contributed by atoms with Gasteiger partial charge in [0.2, 0.25) is 0 Å². The highest BCUT2D eigenvalue weighted by molar-refractivity contribution is 7.10. The summed E-state index contributed by atoms with van der Waals surface area (Å²) in [5.74, 6) is 0.218. The van der Waals surface area contributed by atoms with Crippen LogP contribution in [0.4, 0.5) is 0 Å². The van der Waals surface area contributed by atoms with Crippen molar-refractivity contribution in [1.29, 1.82) is 5.26 Å². The number of hydrogen-bond acceptors (Lipinski definition) is 4. The van der Waals surface area contributed by atoms with E-state index in [2.05, 4.69) is 30.0 Å². The molecule has 0 aromatic carbocycles. The fourth-order valence-electron chi connectivity index (χ4n) is 1.87. The molecule has 0 radical (unpaired) electrons. The lowest BCUT2D eigenvalue weighted by molar-refractivity contribution is 0.333. The van der Waals surface area contributed by atoms with Crippen molar-refractivity contribution in [2.45, 2.75) is 25.8 Å². The van der Waals surface area contributed by atoms with Gasteiger partial charge in [-0.1, -0.05) is 19.9 Å². The molecule has 2 aromatic rings. The van der Waals surface area contributed by atoms with E-state index in [4.69, 9.17) is 0 Å². The Labute approximate surface area is 105 Å². The molecule has 88 valence electrons. The molecule has 0 saturated carbocycles. The standard InChI is InChI=1S/C12H14N4S/c1-10(2)12(6-13,11-4-3-5-17-11)7-16-9-14-8-15-16/h3-5,8-10H,7H2,1-2H3. The van der Waals surface area contributed by atoms with E-state index in [1.807, 2.05) is 17.5 Å². The number of aromatic nitrogens is 3. The largest absolute Gasteiger partial charge is 0.251 e. The van der Waals surface area contributed by atoms with Crippen LogP contribution in [0, 0.1) is 17.2 Å². The molecule has 0 saturated heterocycles. The summed E-state index contributed by atoms with van der Waals surface area (Å²) in [4.78, 5) is 5.02. The first-order chi connectivity index (χ1) is 8.19. The van der Waals surface area contributed by atoms with Crippen LogP contribution in [0.5, 0.6) is 0 Å². The lowest BCUT2D eigenvalue weighted by Crippen LogP contribution is -2.35. The maximum absolute atomic E-state index is 9.61. The van der Waals surface area contributed by atoms with Gasteiger partial charge >= 0.3 is 0 Å². The molecule has 5 heteroatoms. The van der Waals surface area contributed by atoms with E-state index in [9.17, 15) is 5.26 Å². The first kappa shape index (κ1) is 11.8. The van der Waals surface area contributed by atoms with Crippen molar-refractivity contribution in [3.8, 4) is 6.07 Å². The highest BCUT2D eigenvalue weighted by Crippen LogP contribution is 2.36. The third-order valence-electron chi connectivity index (χ3n) is 3.02. The molecule has 1 unspecified atom stereocenters. The second-order valence-electron chi connectivity index (χ2n) is 4.31. The third-order valence-corrected chi connectivity index (χ3v) is 4.07. The van der Waals surface area contributed by atoms with Crippen molar-refractivity contribution in [1.82, 2.24) is 14.8 Å². The van der Waals surface area contributed by atoms with Crippen molar-refractivity contribution < 1.29 is 0 Å². The Morgan fingerprint density at radius 2 is 2.41 bits per heavy atom. The molecule has 2 heterocycles. The maximum Gasteiger partial charge on any atom is 0.137 e. The Hall–Kier alpha value is -1.67. The summed E-state index contributed by atoms with van der Waals surface area (Å²) >= 11 is 1.62. The summed E-state index contributed by atoms with van der Waals surface area (Å²) in [5.41, 5.74) is -0.526. The van der Waals surface area contributed by atoms with Crippen LogP contribution in [0.15, 0.2) is 30.2 Å². The van der Waals surface area contributed by atoms with Gasteiger partial charge in [-0.05, 0) is 17.4 Å². The van der Waals surface area contributed by atoms with E-state index in [1.165, 1.54) is 6.33 Å². The monoisotopic (exact) mass is 246 g/mol. The molecule has 17 heavy (non-hydrogen) atoms. The highest BCUT2D eigenvalue weighted by Gasteiger charge is 2.37. The maximum atomic E-state index is 9.61. The first-order valence-corrected chi connectivity index (χ1v) is 6.34. The lowest BCUT2D eigenvalue weighted by atomic mass is 9.77. The zero-order valence-electron chi connectivity index (χ0n) is 9.87. The molecule has 0 aliphatic heterocycles. The minimum Gasteiger partial charge on any atom is -0.251 e. The SMILES string of the molecule is CC(C)C(C#N)(Cn1cncn1)c1cccs1. The van der Waals surface area contributed by atoms with Crippen LogP contribution in [-0.4, -0.2) is 14.8 Å². The van der Waals surface area contributed by atoms with E-state index in [-0.39, 0.29) is 5.92 Å². The van der Waals surface area contributed by atoms with Gasteiger partial charge in [0.25, 0.3) is 0 Å². The van der Waals surface area contributed by atoms with Gasteiger partial charge in [0, 0.05) is 4.88 Å². The van der Waals surface area contributed by atoms with Crippen molar-refractivity contribution in [3.05, 3.63) is 35.0 Å². The summed E-state index contributed by atoms with van der Waals surface area (Å²) in [6.07, 6.45) is 3.15. The smallest absolute Gasteiger partial charge is 0.137 e. The number of nitrogens with zero attached hydrogens (tertiary/aromatic N) is 4. The quantitative estimate of drug-likeness (QED) is 0.832. The van der Waals surface area contributed by atoms with Crippen LogP contribution in [-0.2, 0) is 12.0 Å². The van der Waals surface area contributed by atoms with Crippen LogP contribution in [0.2, 0.25) is 0 Å². The summed E-state index contributed by atoms with van der Waals surface area (Å²) in [6, 6.07) is 6.48. The van der Waals surface area contributed by atoms with Gasteiger partial charge in [-0.3, -0.25) is 4.68 Å². The molecule has 2 aromatic heterocycles. The molecule has 0 N–H and O–H groups in total. The fraction of sp³-hybridized carbons (Fsp3) is 0.417. The van der Waals surface area contributed by atoms with Gasteiger partial charge < -0.3 is 0 Å². The van der Waals surface area contributed by atoms with Crippen LogP contribution in [0.3, 0.4) is 0 Å². The van der Waals surface area contributed by atoms with Gasteiger partial charge in [-0.15, -0.1) is 11.3 Å². The zero-order valence-corrected chi connectivity index (χ0v) is 10.7. The molecule has 0 amide bonds. The predicted octanol–water partition coefficient (Wildman–Crippen LogP) is 2.46. The van der Waals surface area contributed by atoms with Gasteiger partial charge in [0.05, 0.1) is 12.6 Å². The Bertz CT molecular complexity index is 495. The molecule has 0 aliphatic carbocycles.